The molecule has 0 radical (unpaired) electrons. The minimum atomic E-state index is -0.514. The van der Waals surface area contributed by atoms with Crippen molar-refractivity contribution in [2.75, 3.05) is 0 Å². The van der Waals surface area contributed by atoms with Crippen LogP contribution in [-0.4, -0.2) is 0 Å². The molecular formula is C43H28O2. The van der Waals surface area contributed by atoms with Gasteiger partial charge in [-0.05, 0) is 46.0 Å². The molecule has 212 valence electrons. The smallest absolute Gasteiger partial charge is 0.143 e. The Bertz CT molecular complexity index is 2290. The second-order valence-corrected chi connectivity index (χ2v) is 11.6. The minimum absolute atomic E-state index is 0.514. The Morgan fingerprint density at radius 1 is 0.400 bits per heavy atom. The van der Waals surface area contributed by atoms with Crippen LogP contribution in [0.5, 0.6) is 11.5 Å². The summed E-state index contributed by atoms with van der Waals surface area (Å²) in [6.07, 6.45) is 0. The van der Waals surface area contributed by atoms with Gasteiger partial charge in [-0.25, -0.2) is 0 Å². The number of rotatable bonds is 4. The molecule has 7 aromatic carbocycles. The molecule has 1 aliphatic heterocycles. The van der Waals surface area contributed by atoms with Gasteiger partial charge in [-0.1, -0.05) is 152 Å². The largest absolute Gasteiger partial charge is 0.457 e. The highest BCUT2D eigenvalue weighted by molar-refractivity contribution is 6.09. The summed E-state index contributed by atoms with van der Waals surface area (Å²) in [5.74, 6) is 1.75. The third-order valence-corrected chi connectivity index (χ3v) is 9.24. The molecule has 45 heavy (non-hydrogen) atoms. The third kappa shape index (κ3) is 3.89. The molecule has 0 fully saturated rings. The molecule has 9 rings (SSSR count). The van der Waals surface area contributed by atoms with E-state index in [9.17, 15) is 0 Å². The topological polar surface area (TPSA) is 22.4 Å². The second-order valence-electron chi connectivity index (χ2n) is 11.6. The summed E-state index contributed by atoms with van der Waals surface area (Å²) in [6.45, 7) is 0. The van der Waals surface area contributed by atoms with Crippen LogP contribution in [0.25, 0.3) is 44.2 Å². The van der Waals surface area contributed by atoms with Crippen LogP contribution >= 0.6 is 0 Å². The fraction of sp³-hybridized carbons (Fsp3) is 0.0233. The van der Waals surface area contributed by atoms with Gasteiger partial charge in [0, 0.05) is 27.5 Å². The molecule has 0 aliphatic carbocycles. The van der Waals surface area contributed by atoms with Crippen LogP contribution in [0.3, 0.4) is 0 Å². The van der Waals surface area contributed by atoms with Crippen LogP contribution < -0.4 is 4.74 Å². The average molecular weight is 577 g/mol. The maximum Gasteiger partial charge on any atom is 0.143 e. The lowest BCUT2D eigenvalue weighted by atomic mass is 9.63. The highest BCUT2D eigenvalue weighted by atomic mass is 16.5. The molecule has 2 nitrogen and oxygen atoms in total. The van der Waals surface area contributed by atoms with E-state index in [1.807, 2.05) is 12.1 Å². The fourth-order valence-electron chi connectivity index (χ4n) is 7.21. The summed E-state index contributed by atoms with van der Waals surface area (Å²) >= 11 is 0. The number of fused-ring (bicyclic) bond motifs is 5. The van der Waals surface area contributed by atoms with Gasteiger partial charge in [-0.15, -0.1) is 0 Å². The zero-order valence-corrected chi connectivity index (χ0v) is 24.5. The number of benzene rings is 7. The van der Waals surface area contributed by atoms with E-state index < -0.39 is 5.41 Å². The van der Waals surface area contributed by atoms with E-state index in [0.29, 0.717) is 0 Å². The first-order chi connectivity index (χ1) is 22.3. The Morgan fingerprint density at radius 3 is 1.78 bits per heavy atom. The van der Waals surface area contributed by atoms with Gasteiger partial charge < -0.3 is 9.15 Å². The molecule has 0 amide bonds. The molecule has 2 heteroatoms. The lowest BCUT2D eigenvalue weighted by Gasteiger charge is -2.41. The van der Waals surface area contributed by atoms with E-state index in [2.05, 4.69) is 158 Å². The molecule has 0 spiro atoms. The van der Waals surface area contributed by atoms with Gasteiger partial charge in [-0.2, -0.15) is 0 Å². The molecule has 0 saturated carbocycles. The summed E-state index contributed by atoms with van der Waals surface area (Å²) in [5, 5.41) is 2.28. The van der Waals surface area contributed by atoms with E-state index in [4.69, 9.17) is 9.15 Å². The van der Waals surface area contributed by atoms with Gasteiger partial charge in [-0.3, -0.25) is 0 Å². The van der Waals surface area contributed by atoms with E-state index in [0.717, 1.165) is 66.8 Å². The predicted molar refractivity (Wildman–Crippen MR) is 183 cm³/mol. The number of hydrogen-bond donors (Lipinski definition) is 0. The van der Waals surface area contributed by atoms with Crippen molar-refractivity contribution in [3.05, 3.63) is 192 Å². The van der Waals surface area contributed by atoms with Crippen molar-refractivity contribution in [2.45, 2.75) is 5.41 Å². The van der Waals surface area contributed by atoms with Crippen LogP contribution in [0.1, 0.15) is 22.3 Å². The Kier molecular flexibility index (Phi) is 5.76. The maximum absolute atomic E-state index is 6.70. The van der Waals surface area contributed by atoms with Crippen LogP contribution in [0, 0.1) is 0 Å². The van der Waals surface area contributed by atoms with Crippen molar-refractivity contribution >= 4 is 21.9 Å². The average Bonchev–Trinajstić information content (AvgIpc) is 3.50. The lowest BCUT2D eigenvalue weighted by Crippen LogP contribution is -2.34. The summed E-state index contributed by atoms with van der Waals surface area (Å²) in [6, 6.07) is 60.1. The van der Waals surface area contributed by atoms with E-state index in [-0.39, 0.29) is 0 Å². The molecule has 1 aromatic heterocycles. The minimum Gasteiger partial charge on any atom is -0.457 e. The summed E-state index contributed by atoms with van der Waals surface area (Å²) in [4.78, 5) is 0. The highest BCUT2D eigenvalue weighted by Gasteiger charge is 2.45. The predicted octanol–water partition coefficient (Wildman–Crippen LogP) is 11.4. The van der Waals surface area contributed by atoms with E-state index >= 15 is 0 Å². The van der Waals surface area contributed by atoms with Crippen LogP contribution in [0.15, 0.2) is 174 Å². The SMILES string of the molecule is c1ccc(C2(c3ccccc3)c3ccccc3Oc3cc(-c4ccc(-c5cccc6c5oc5ccccc56)cc4)ccc32)cc1. The molecular weight excluding hydrogens is 548 g/mol. The summed E-state index contributed by atoms with van der Waals surface area (Å²) in [5.41, 5.74) is 10.5. The first-order valence-electron chi connectivity index (χ1n) is 15.3. The zero-order chi connectivity index (χ0) is 29.8. The number of furan rings is 1. The summed E-state index contributed by atoms with van der Waals surface area (Å²) in [7, 11) is 0. The highest BCUT2D eigenvalue weighted by Crippen LogP contribution is 2.55. The number of para-hydroxylation sites is 3. The molecule has 1 aliphatic rings. The molecule has 8 aromatic rings. The number of hydrogen-bond acceptors (Lipinski definition) is 2. The van der Waals surface area contributed by atoms with Crippen LogP contribution in [0.4, 0.5) is 0 Å². The quantitative estimate of drug-likeness (QED) is 0.208. The van der Waals surface area contributed by atoms with Crippen molar-refractivity contribution in [1.29, 1.82) is 0 Å². The van der Waals surface area contributed by atoms with Crippen molar-refractivity contribution in [2.24, 2.45) is 0 Å². The lowest BCUT2D eigenvalue weighted by molar-refractivity contribution is 0.435. The van der Waals surface area contributed by atoms with Gasteiger partial charge in [0.25, 0.3) is 0 Å². The molecule has 0 saturated heterocycles. The number of ether oxygens (including phenoxy) is 1. The maximum atomic E-state index is 6.70. The Hall–Kier alpha value is -5.86. The van der Waals surface area contributed by atoms with E-state index in [1.165, 1.54) is 11.1 Å². The van der Waals surface area contributed by atoms with Gasteiger partial charge >= 0.3 is 0 Å². The molecule has 2 heterocycles. The van der Waals surface area contributed by atoms with Crippen LogP contribution in [0.2, 0.25) is 0 Å². The molecule has 0 atom stereocenters. The first-order valence-corrected chi connectivity index (χ1v) is 15.3. The van der Waals surface area contributed by atoms with Gasteiger partial charge in [0.1, 0.15) is 22.7 Å². The second kappa shape index (κ2) is 10.1. The third-order valence-electron chi connectivity index (χ3n) is 9.24. The van der Waals surface area contributed by atoms with E-state index in [1.54, 1.807) is 0 Å². The standard InChI is InChI=1S/C43H28O2/c1-3-12-32(13-4-1)43(33-14-5-2-6-15-33)37-19-8-10-21-40(37)44-41-28-31(26-27-38(41)43)29-22-24-30(25-23-29)34-17-11-18-36-35-16-7-9-20-39(35)45-42(34)36/h1-28H. The van der Waals surface area contributed by atoms with Gasteiger partial charge in [0.2, 0.25) is 0 Å². The fourth-order valence-corrected chi connectivity index (χ4v) is 7.21. The zero-order valence-electron chi connectivity index (χ0n) is 24.5. The van der Waals surface area contributed by atoms with Crippen molar-refractivity contribution in [3.63, 3.8) is 0 Å². The van der Waals surface area contributed by atoms with Crippen LogP contribution in [-0.2, 0) is 5.41 Å². The van der Waals surface area contributed by atoms with Crippen molar-refractivity contribution < 1.29 is 9.15 Å². The van der Waals surface area contributed by atoms with Crippen molar-refractivity contribution in [3.8, 4) is 33.8 Å². The van der Waals surface area contributed by atoms with Gasteiger partial charge in [0.15, 0.2) is 0 Å². The molecule has 0 unspecified atom stereocenters. The monoisotopic (exact) mass is 576 g/mol. The normalized spacial score (nSPS) is 13.2. The molecule has 0 bridgehead atoms. The molecule has 0 N–H and O–H groups in total. The Balaban J connectivity index is 1.18. The summed E-state index contributed by atoms with van der Waals surface area (Å²) < 4.78 is 13.0. The Labute approximate surface area is 261 Å². The first kappa shape index (κ1) is 25.6. The Morgan fingerprint density at radius 2 is 1.00 bits per heavy atom. The van der Waals surface area contributed by atoms with Crippen molar-refractivity contribution in [1.82, 2.24) is 0 Å². The van der Waals surface area contributed by atoms with Gasteiger partial charge in [0.05, 0.1) is 5.41 Å².